The first-order chi connectivity index (χ1) is 13.9. The van der Waals surface area contributed by atoms with Crippen molar-refractivity contribution in [2.24, 2.45) is 0 Å². The van der Waals surface area contributed by atoms with Crippen molar-refractivity contribution in [3.63, 3.8) is 0 Å². The lowest BCUT2D eigenvalue weighted by Crippen LogP contribution is -2.15. The number of fused-ring (bicyclic) bond motifs is 1. The second kappa shape index (κ2) is 7.63. The number of rotatable bonds is 5. The first-order valence-electron chi connectivity index (χ1n) is 8.90. The second-order valence-corrected chi connectivity index (χ2v) is 7.64. The van der Waals surface area contributed by atoms with Crippen molar-refractivity contribution < 1.29 is 9.18 Å². The van der Waals surface area contributed by atoms with Crippen LogP contribution in [0.1, 0.15) is 21.5 Å². The van der Waals surface area contributed by atoms with Gasteiger partial charge in [-0.25, -0.2) is 14.0 Å². The zero-order valence-corrected chi connectivity index (χ0v) is 16.6. The van der Waals surface area contributed by atoms with E-state index >= 15 is 0 Å². The Hall–Kier alpha value is -3.26. The van der Waals surface area contributed by atoms with Gasteiger partial charge in [0, 0.05) is 11.1 Å². The summed E-state index contributed by atoms with van der Waals surface area (Å²) in [5.74, 6) is -0.221. The second-order valence-electron chi connectivity index (χ2n) is 6.70. The fourth-order valence-electron chi connectivity index (χ4n) is 3.08. The highest BCUT2D eigenvalue weighted by molar-refractivity contribution is 7.99. The highest BCUT2D eigenvalue weighted by Gasteiger charge is 2.15. The topological polar surface area (TPSA) is 80.1 Å². The molecule has 0 saturated carbocycles. The van der Waals surface area contributed by atoms with Gasteiger partial charge in [0.05, 0.1) is 11.4 Å². The van der Waals surface area contributed by atoms with Crippen molar-refractivity contribution in [3.8, 4) is 11.3 Å². The maximum atomic E-state index is 13.2. The molecule has 4 aromatic rings. The van der Waals surface area contributed by atoms with Gasteiger partial charge >= 0.3 is 0 Å². The lowest BCUT2D eigenvalue weighted by atomic mass is 10.0. The molecule has 2 aromatic heterocycles. The van der Waals surface area contributed by atoms with E-state index in [0.29, 0.717) is 27.5 Å². The zero-order valence-electron chi connectivity index (χ0n) is 15.8. The number of Topliss-reactive ketones (excluding diaryl/α,β-unsaturated/α-hetero) is 1. The highest BCUT2D eigenvalue weighted by atomic mass is 32.2. The molecule has 8 heteroatoms. The first kappa shape index (κ1) is 19.1. The Morgan fingerprint density at radius 2 is 1.90 bits per heavy atom. The third-order valence-electron chi connectivity index (χ3n) is 4.53. The molecule has 0 fully saturated rings. The van der Waals surface area contributed by atoms with Crippen LogP contribution >= 0.6 is 11.8 Å². The van der Waals surface area contributed by atoms with Crippen molar-refractivity contribution in [2.45, 2.75) is 19.0 Å². The maximum Gasteiger partial charge on any atom is 0.290 e. The first-order valence-corrected chi connectivity index (χ1v) is 9.88. The Kier molecular flexibility index (Phi) is 5.02. The van der Waals surface area contributed by atoms with Gasteiger partial charge in [-0.3, -0.25) is 9.59 Å². The van der Waals surface area contributed by atoms with Gasteiger partial charge in [0.25, 0.3) is 5.56 Å². The van der Waals surface area contributed by atoms with Crippen LogP contribution in [0.15, 0.2) is 58.5 Å². The quantitative estimate of drug-likeness (QED) is 0.401. The Balaban J connectivity index is 1.64. The standard InChI is InChI=1S/C21H17FN4O2S/c1-12-3-8-16(13(2)9-12)19(27)11-29-21-24-23-20(28)18-10-17(25-26(18)21)14-4-6-15(22)7-5-14/h3-10H,11H2,1-2H3,(H,23,28). The van der Waals surface area contributed by atoms with E-state index in [0.717, 1.165) is 11.1 Å². The van der Waals surface area contributed by atoms with Crippen LogP contribution < -0.4 is 5.56 Å². The number of carbonyl (C=O) groups excluding carboxylic acids is 1. The molecular formula is C21H17FN4O2S. The van der Waals surface area contributed by atoms with Gasteiger partial charge in [-0.2, -0.15) is 5.10 Å². The highest BCUT2D eigenvalue weighted by Crippen LogP contribution is 2.23. The lowest BCUT2D eigenvalue weighted by Gasteiger charge is -2.06. The van der Waals surface area contributed by atoms with Crippen LogP contribution in [-0.2, 0) is 0 Å². The number of nitrogens with zero attached hydrogens (tertiary/aromatic N) is 3. The summed E-state index contributed by atoms with van der Waals surface area (Å²) in [5, 5.41) is 11.3. The van der Waals surface area contributed by atoms with Gasteiger partial charge in [0.15, 0.2) is 5.78 Å². The van der Waals surface area contributed by atoms with E-state index in [4.69, 9.17) is 0 Å². The third kappa shape index (κ3) is 3.84. The number of halogens is 1. The van der Waals surface area contributed by atoms with E-state index in [1.54, 1.807) is 18.2 Å². The van der Waals surface area contributed by atoms with Gasteiger partial charge in [0.1, 0.15) is 11.3 Å². The molecule has 6 nitrogen and oxygen atoms in total. The molecule has 29 heavy (non-hydrogen) atoms. The average molecular weight is 408 g/mol. The van der Waals surface area contributed by atoms with E-state index in [-0.39, 0.29) is 17.4 Å². The number of aryl methyl sites for hydroxylation is 2. The average Bonchev–Trinajstić information content (AvgIpc) is 3.14. The molecule has 2 aromatic carbocycles. The van der Waals surface area contributed by atoms with Crippen LogP contribution in [0.3, 0.4) is 0 Å². The molecule has 146 valence electrons. The van der Waals surface area contributed by atoms with Crippen molar-refractivity contribution >= 4 is 23.1 Å². The van der Waals surface area contributed by atoms with E-state index in [1.807, 2.05) is 32.0 Å². The Morgan fingerprint density at radius 3 is 2.62 bits per heavy atom. The van der Waals surface area contributed by atoms with Crippen LogP contribution in [0.4, 0.5) is 4.39 Å². The predicted octanol–water partition coefficient (Wildman–Crippen LogP) is 3.82. The smallest absolute Gasteiger partial charge is 0.290 e. The van der Waals surface area contributed by atoms with Gasteiger partial charge in [-0.1, -0.05) is 35.5 Å². The molecule has 1 N–H and O–H groups in total. The lowest BCUT2D eigenvalue weighted by molar-refractivity contribution is 0.102. The third-order valence-corrected chi connectivity index (χ3v) is 5.46. The van der Waals surface area contributed by atoms with E-state index in [1.165, 1.54) is 28.4 Å². The van der Waals surface area contributed by atoms with E-state index < -0.39 is 5.56 Å². The molecule has 0 aliphatic carbocycles. The molecule has 4 rings (SSSR count). The molecule has 0 amide bonds. The van der Waals surface area contributed by atoms with Crippen molar-refractivity contribution in [1.82, 2.24) is 19.8 Å². The van der Waals surface area contributed by atoms with Crippen LogP contribution in [-0.4, -0.2) is 31.3 Å². The maximum absolute atomic E-state index is 13.2. The molecule has 2 heterocycles. The number of H-pyrrole nitrogens is 1. The normalized spacial score (nSPS) is 11.1. The minimum absolute atomic E-state index is 0.0282. The van der Waals surface area contributed by atoms with Gasteiger partial charge in [-0.05, 0) is 49.7 Å². The molecular weight excluding hydrogens is 391 g/mol. The molecule has 0 spiro atoms. The minimum atomic E-state index is -0.393. The summed E-state index contributed by atoms with van der Waals surface area (Å²) in [6.07, 6.45) is 0. The Bertz CT molecular complexity index is 1280. The summed E-state index contributed by atoms with van der Waals surface area (Å²) in [4.78, 5) is 24.8. The fraction of sp³-hybridized carbons (Fsp3) is 0.143. The zero-order chi connectivity index (χ0) is 20.5. The number of aromatic amines is 1. The number of carbonyl (C=O) groups is 1. The fourth-order valence-corrected chi connectivity index (χ4v) is 3.87. The number of thioether (sulfide) groups is 1. The van der Waals surface area contributed by atoms with Gasteiger partial charge in [0.2, 0.25) is 5.16 Å². The number of hydrogen-bond donors (Lipinski definition) is 1. The Labute approximate surface area is 169 Å². The number of aromatic nitrogens is 4. The molecule has 0 saturated heterocycles. The van der Waals surface area contributed by atoms with Crippen LogP contribution in [0.25, 0.3) is 16.8 Å². The number of benzene rings is 2. The molecule has 0 unspecified atom stereocenters. The van der Waals surface area contributed by atoms with E-state index in [9.17, 15) is 14.0 Å². The summed E-state index contributed by atoms with van der Waals surface area (Å²) < 4.78 is 14.6. The summed E-state index contributed by atoms with van der Waals surface area (Å²) >= 11 is 1.20. The predicted molar refractivity (Wildman–Crippen MR) is 110 cm³/mol. The minimum Gasteiger partial charge on any atom is -0.293 e. The van der Waals surface area contributed by atoms with Crippen molar-refractivity contribution in [3.05, 3.63) is 81.4 Å². The van der Waals surface area contributed by atoms with Gasteiger partial charge < -0.3 is 0 Å². The largest absolute Gasteiger partial charge is 0.293 e. The molecule has 0 aliphatic heterocycles. The van der Waals surface area contributed by atoms with E-state index in [2.05, 4.69) is 15.3 Å². The van der Waals surface area contributed by atoms with Crippen LogP contribution in [0.2, 0.25) is 0 Å². The number of ketones is 1. The summed E-state index contributed by atoms with van der Waals surface area (Å²) in [5.41, 5.74) is 3.80. The molecule has 0 aliphatic rings. The van der Waals surface area contributed by atoms with Crippen molar-refractivity contribution in [2.75, 3.05) is 5.75 Å². The summed E-state index contributed by atoms with van der Waals surface area (Å²) in [7, 11) is 0. The summed E-state index contributed by atoms with van der Waals surface area (Å²) in [6, 6.07) is 13.2. The van der Waals surface area contributed by atoms with Crippen LogP contribution in [0.5, 0.6) is 0 Å². The monoisotopic (exact) mass is 408 g/mol. The Morgan fingerprint density at radius 1 is 1.14 bits per heavy atom. The number of nitrogens with one attached hydrogen (secondary N) is 1. The molecule has 0 atom stereocenters. The summed E-state index contributed by atoms with van der Waals surface area (Å²) in [6.45, 7) is 3.89. The van der Waals surface area contributed by atoms with Gasteiger partial charge in [-0.15, -0.1) is 5.10 Å². The molecule has 0 radical (unpaired) electrons. The van der Waals surface area contributed by atoms with Crippen molar-refractivity contribution in [1.29, 1.82) is 0 Å². The number of hydrogen-bond acceptors (Lipinski definition) is 5. The van der Waals surface area contributed by atoms with Crippen LogP contribution in [0, 0.1) is 19.7 Å². The SMILES string of the molecule is Cc1ccc(C(=O)CSc2n[nH]c(=O)c3cc(-c4ccc(F)cc4)nn23)c(C)c1. The molecule has 0 bridgehead atoms.